The molecule has 3 rings (SSSR count). The Hall–Kier alpha value is -2.18. The Morgan fingerprint density at radius 3 is 2.57 bits per heavy atom. The Morgan fingerprint density at radius 1 is 1.09 bits per heavy atom. The maximum absolute atomic E-state index is 12.4. The molecule has 0 saturated heterocycles. The van der Waals surface area contributed by atoms with Gasteiger partial charge in [-0.1, -0.05) is 12.1 Å². The molecule has 0 saturated carbocycles. The van der Waals surface area contributed by atoms with Crippen LogP contribution in [0.2, 0.25) is 0 Å². The number of carbonyl (C=O) groups excluding carboxylic acids is 1. The molecular weight excluding hydrogens is 312 g/mol. The molecule has 0 atom stereocenters. The molecule has 0 bridgehead atoms. The fraction of sp³-hybridized carbons (Fsp3) is 0.235. The van der Waals surface area contributed by atoms with Crippen LogP contribution in [0.4, 0.5) is 5.69 Å². The fourth-order valence-corrected chi connectivity index (χ4v) is 3.71. The number of nitrogens with one attached hydrogen (secondary N) is 1. The van der Waals surface area contributed by atoms with E-state index in [2.05, 4.69) is 5.32 Å². The molecular formula is C17H18N2O3S. The number of carbonyl (C=O) groups is 1. The second-order valence-electron chi connectivity index (χ2n) is 5.82. The number of sulfonamides is 1. The monoisotopic (exact) mass is 330 g/mol. The zero-order valence-electron chi connectivity index (χ0n) is 12.8. The standard InChI is InChI=1S/C17H18N2O3S/c1-11-5-8-15(10-16(11)23(18,21)22)19-17(20)14-7-6-12-3-2-4-13(12)9-14/h5-10H,2-4H2,1H3,(H,19,20)(H2,18,21,22). The van der Waals surface area contributed by atoms with Crippen LogP contribution >= 0.6 is 0 Å². The first-order chi connectivity index (χ1) is 10.8. The molecule has 1 amide bonds. The molecule has 0 heterocycles. The van der Waals surface area contributed by atoms with Crippen molar-refractivity contribution in [1.29, 1.82) is 0 Å². The van der Waals surface area contributed by atoms with E-state index in [1.807, 2.05) is 12.1 Å². The van der Waals surface area contributed by atoms with Crippen molar-refractivity contribution in [2.45, 2.75) is 31.1 Å². The van der Waals surface area contributed by atoms with Crippen molar-refractivity contribution in [3.63, 3.8) is 0 Å². The van der Waals surface area contributed by atoms with Gasteiger partial charge in [0.05, 0.1) is 4.90 Å². The summed E-state index contributed by atoms with van der Waals surface area (Å²) < 4.78 is 23.1. The van der Waals surface area contributed by atoms with E-state index in [1.54, 1.807) is 25.1 Å². The van der Waals surface area contributed by atoms with Crippen molar-refractivity contribution in [2.24, 2.45) is 5.14 Å². The Kier molecular flexibility index (Phi) is 3.95. The van der Waals surface area contributed by atoms with Gasteiger partial charge in [0.1, 0.15) is 0 Å². The Bertz CT molecular complexity index is 889. The van der Waals surface area contributed by atoms with E-state index in [4.69, 9.17) is 5.14 Å². The van der Waals surface area contributed by atoms with Gasteiger partial charge >= 0.3 is 0 Å². The van der Waals surface area contributed by atoms with Gasteiger partial charge in [-0.2, -0.15) is 0 Å². The van der Waals surface area contributed by atoms with Crippen molar-refractivity contribution >= 4 is 21.6 Å². The van der Waals surface area contributed by atoms with Gasteiger partial charge in [0.25, 0.3) is 5.91 Å². The molecule has 2 aromatic rings. The van der Waals surface area contributed by atoms with Gasteiger partial charge in [0, 0.05) is 11.3 Å². The zero-order valence-corrected chi connectivity index (χ0v) is 13.6. The van der Waals surface area contributed by atoms with Gasteiger partial charge in [-0.25, -0.2) is 13.6 Å². The van der Waals surface area contributed by atoms with Crippen molar-refractivity contribution < 1.29 is 13.2 Å². The molecule has 0 fully saturated rings. The number of anilines is 1. The molecule has 1 aliphatic rings. The molecule has 120 valence electrons. The predicted molar refractivity (Wildman–Crippen MR) is 89.0 cm³/mol. The second-order valence-corrected chi connectivity index (χ2v) is 7.35. The number of aryl methyl sites for hydroxylation is 3. The van der Waals surface area contributed by atoms with Crippen LogP contribution in [0.1, 0.15) is 33.5 Å². The van der Waals surface area contributed by atoms with Gasteiger partial charge in [-0.3, -0.25) is 4.79 Å². The summed E-state index contributed by atoms with van der Waals surface area (Å²) in [7, 11) is -3.82. The van der Waals surface area contributed by atoms with Crippen molar-refractivity contribution in [2.75, 3.05) is 5.32 Å². The Morgan fingerprint density at radius 2 is 1.83 bits per heavy atom. The highest BCUT2D eigenvalue weighted by molar-refractivity contribution is 7.89. The fourth-order valence-electron chi connectivity index (χ4n) is 2.90. The first-order valence-corrected chi connectivity index (χ1v) is 8.96. The topological polar surface area (TPSA) is 89.3 Å². The lowest BCUT2D eigenvalue weighted by Crippen LogP contribution is -2.16. The van der Waals surface area contributed by atoms with Gasteiger partial charge in [0.2, 0.25) is 10.0 Å². The number of nitrogens with two attached hydrogens (primary N) is 1. The van der Waals surface area contributed by atoms with E-state index in [1.165, 1.54) is 17.2 Å². The third-order valence-corrected chi connectivity index (χ3v) is 5.17. The summed E-state index contributed by atoms with van der Waals surface area (Å²) in [5, 5.41) is 7.92. The van der Waals surface area contributed by atoms with Gasteiger partial charge in [-0.15, -0.1) is 0 Å². The lowest BCUT2D eigenvalue weighted by molar-refractivity contribution is 0.102. The number of rotatable bonds is 3. The van der Waals surface area contributed by atoms with Crippen LogP contribution < -0.4 is 10.5 Å². The van der Waals surface area contributed by atoms with Crippen LogP contribution in [0.5, 0.6) is 0 Å². The summed E-state index contributed by atoms with van der Waals surface area (Å²) in [5.41, 5.74) is 4.04. The quantitative estimate of drug-likeness (QED) is 0.905. The van der Waals surface area contributed by atoms with Crippen LogP contribution in [-0.2, 0) is 22.9 Å². The van der Waals surface area contributed by atoms with Crippen LogP contribution in [-0.4, -0.2) is 14.3 Å². The van der Waals surface area contributed by atoms with Crippen LogP contribution in [0.25, 0.3) is 0 Å². The highest BCUT2D eigenvalue weighted by Crippen LogP contribution is 2.24. The molecule has 3 N–H and O–H groups in total. The number of hydrogen-bond donors (Lipinski definition) is 2. The molecule has 0 aromatic heterocycles. The molecule has 2 aromatic carbocycles. The van der Waals surface area contributed by atoms with Gasteiger partial charge < -0.3 is 5.32 Å². The summed E-state index contributed by atoms with van der Waals surface area (Å²) in [6.45, 7) is 1.66. The molecule has 0 radical (unpaired) electrons. The SMILES string of the molecule is Cc1ccc(NC(=O)c2ccc3c(c2)CCC3)cc1S(N)(=O)=O. The second kappa shape index (κ2) is 5.79. The van der Waals surface area contributed by atoms with E-state index < -0.39 is 10.0 Å². The number of primary sulfonamides is 1. The minimum absolute atomic E-state index is 0.0178. The largest absolute Gasteiger partial charge is 0.322 e. The maximum atomic E-state index is 12.4. The third kappa shape index (κ3) is 3.28. The Labute approximate surface area is 135 Å². The lowest BCUT2D eigenvalue weighted by Gasteiger charge is -2.10. The van der Waals surface area contributed by atoms with Crippen molar-refractivity contribution in [1.82, 2.24) is 0 Å². The Balaban J connectivity index is 1.86. The van der Waals surface area contributed by atoms with E-state index in [-0.39, 0.29) is 10.8 Å². The first kappa shape index (κ1) is 15.7. The molecule has 23 heavy (non-hydrogen) atoms. The summed E-state index contributed by atoms with van der Waals surface area (Å²) >= 11 is 0. The third-order valence-electron chi connectivity index (χ3n) is 4.11. The highest BCUT2D eigenvalue weighted by Gasteiger charge is 2.16. The number of fused-ring (bicyclic) bond motifs is 1. The normalized spacial score (nSPS) is 13.7. The van der Waals surface area contributed by atoms with Crippen molar-refractivity contribution in [3.05, 3.63) is 58.7 Å². The average molecular weight is 330 g/mol. The molecule has 5 nitrogen and oxygen atoms in total. The van der Waals surface area contributed by atoms with E-state index in [0.717, 1.165) is 19.3 Å². The molecule has 0 aliphatic heterocycles. The summed E-state index contributed by atoms with van der Waals surface area (Å²) in [5.74, 6) is -0.260. The number of hydrogen-bond acceptors (Lipinski definition) is 3. The molecule has 6 heteroatoms. The maximum Gasteiger partial charge on any atom is 0.255 e. The van der Waals surface area contributed by atoms with Crippen LogP contribution in [0.15, 0.2) is 41.3 Å². The van der Waals surface area contributed by atoms with E-state index in [0.29, 0.717) is 16.8 Å². The van der Waals surface area contributed by atoms with Crippen LogP contribution in [0, 0.1) is 6.92 Å². The highest BCUT2D eigenvalue weighted by atomic mass is 32.2. The summed E-state index contributed by atoms with van der Waals surface area (Å²) in [6.07, 6.45) is 3.18. The van der Waals surface area contributed by atoms with Gasteiger partial charge in [-0.05, 0) is 67.1 Å². The minimum Gasteiger partial charge on any atom is -0.322 e. The van der Waals surface area contributed by atoms with Gasteiger partial charge in [0.15, 0.2) is 0 Å². The van der Waals surface area contributed by atoms with E-state index in [9.17, 15) is 13.2 Å². The van der Waals surface area contributed by atoms with E-state index >= 15 is 0 Å². The van der Waals surface area contributed by atoms with Crippen LogP contribution in [0.3, 0.4) is 0 Å². The summed E-state index contributed by atoms with van der Waals surface area (Å²) in [6, 6.07) is 10.4. The smallest absolute Gasteiger partial charge is 0.255 e. The molecule has 0 spiro atoms. The number of amides is 1. The molecule has 0 unspecified atom stereocenters. The molecule has 1 aliphatic carbocycles. The predicted octanol–water partition coefficient (Wildman–Crippen LogP) is 2.38. The minimum atomic E-state index is -3.82. The zero-order chi connectivity index (χ0) is 16.6. The first-order valence-electron chi connectivity index (χ1n) is 7.41. The number of benzene rings is 2. The van der Waals surface area contributed by atoms with Crippen molar-refractivity contribution in [3.8, 4) is 0 Å². The lowest BCUT2D eigenvalue weighted by atomic mass is 10.1. The average Bonchev–Trinajstić information content (AvgIpc) is 2.95. The summed E-state index contributed by atoms with van der Waals surface area (Å²) in [4.78, 5) is 12.4.